The van der Waals surface area contributed by atoms with Gasteiger partial charge in [0.25, 0.3) is 0 Å². The minimum Gasteiger partial charge on any atom is -0.475 e. The smallest absolute Gasteiger partial charge is 0.475 e. The molecule has 2 aromatic heterocycles. The summed E-state index contributed by atoms with van der Waals surface area (Å²) in [4.78, 5) is 27.3. The van der Waals surface area contributed by atoms with E-state index in [1.54, 1.807) is 11.3 Å². The van der Waals surface area contributed by atoms with Crippen LogP contribution in [0.15, 0.2) is 41.2 Å². The first-order valence-electron chi connectivity index (χ1n) is 10.8. The van der Waals surface area contributed by atoms with Crippen LogP contribution in [0.2, 0.25) is 0 Å². The fraction of sp³-hybridized carbons (Fsp3) is 0.500. The Labute approximate surface area is 212 Å². The number of halogens is 6. The van der Waals surface area contributed by atoms with Gasteiger partial charge >= 0.3 is 24.3 Å². The summed E-state index contributed by atoms with van der Waals surface area (Å²) in [5.41, 5.74) is 2.47. The molecule has 206 valence electrons. The van der Waals surface area contributed by atoms with Crippen LogP contribution in [0.4, 0.5) is 26.3 Å². The Morgan fingerprint density at radius 2 is 1.68 bits per heavy atom. The van der Waals surface area contributed by atoms with E-state index in [-0.39, 0.29) is 0 Å². The Morgan fingerprint density at radius 1 is 1.03 bits per heavy atom. The number of hydrogen-bond donors (Lipinski definition) is 2. The number of thiophene rings is 1. The second-order valence-electron chi connectivity index (χ2n) is 8.11. The van der Waals surface area contributed by atoms with Crippen LogP contribution in [0.1, 0.15) is 17.7 Å². The van der Waals surface area contributed by atoms with E-state index in [0.29, 0.717) is 18.8 Å². The van der Waals surface area contributed by atoms with Gasteiger partial charge in [-0.05, 0) is 40.9 Å². The van der Waals surface area contributed by atoms with Gasteiger partial charge in [0.05, 0.1) is 18.4 Å². The summed E-state index contributed by atoms with van der Waals surface area (Å²) >= 11 is 1.79. The zero-order valence-electron chi connectivity index (χ0n) is 19.3. The largest absolute Gasteiger partial charge is 0.490 e. The standard InChI is InChI=1S/C18H23N3OS.2C2HF3O2/c1-2-5-19-16(3-1)13-22-18-9-17-11-20(6-7-21(17)12-18)10-15-4-8-23-14-15;2*3-2(4,5)1(6)7/h1-5,8,14,17-18H,6-7,9-13H2;2*(H,6,7). The Balaban J connectivity index is 0.000000286. The minimum absolute atomic E-state index is 0.350. The van der Waals surface area contributed by atoms with Crippen LogP contribution in [-0.2, 0) is 27.5 Å². The zero-order chi connectivity index (χ0) is 27.6. The molecular formula is C22H25F6N3O5S. The lowest BCUT2D eigenvalue weighted by Crippen LogP contribution is -2.49. The summed E-state index contributed by atoms with van der Waals surface area (Å²) in [6.07, 6.45) is -6.84. The number of alkyl halides is 6. The molecule has 0 amide bonds. The molecule has 0 saturated carbocycles. The molecule has 2 aromatic rings. The molecule has 4 rings (SSSR count). The van der Waals surface area contributed by atoms with Crippen LogP contribution < -0.4 is 0 Å². The van der Waals surface area contributed by atoms with Crippen LogP contribution in [0.3, 0.4) is 0 Å². The van der Waals surface area contributed by atoms with Crippen molar-refractivity contribution in [3.05, 3.63) is 52.5 Å². The van der Waals surface area contributed by atoms with Gasteiger partial charge in [0.1, 0.15) is 0 Å². The van der Waals surface area contributed by atoms with Crippen LogP contribution in [-0.4, -0.2) is 87.6 Å². The number of carbonyl (C=O) groups is 2. The second kappa shape index (κ2) is 13.7. The number of piperazine rings is 1. The molecule has 2 unspecified atom stereocenters. The van der Waals surface area contributed by atoms with Gasteiger partial charge in [0, 0.05) is 45.0 Å². The van der Waals surface area contributed by atoms with Crippen LogP contribution in [0, 0.1) is 0 Å². The highest BCUT2D eigenvalue weighted by Crippen LogP contribution is 2.25. The average Bonchev–Trinajstić information content (AvgIpc) is 3.47. The van der Waals surface area contributed by atoms with Crippen molar-refractivity contribution in [2.24, 2.45) is 0 Å². The van der Waals surface area contributed by atoms with Gasteiger partial charge in [0.2, 0.25) is 0 Å². The van der Waals surface area contributed by atoms with Crippen LogP contribution in [0.25, 0.3) is 0 Å². The van der Waals surface area contributed by atoms with Crippen molar-refractivity contribution in [1.82, 2.24) is 14.8 Å². The lowest BCUT2D eigenvalue weighted by molar-refractivity contribution is -0.193. The van der Waals surface area contributed by atoms with Gasteiger partial charge in [-0.25, -0.2) is 9.59 Å². The van der Waals surface area contributed by atoms with Crippen molar-refractivity contribution < 1.29 is 50.9 Å². The molecule has 2 aliphatic heterocycles. The number of rotatable bonds is 5. The lowest BCUT2D eigenvalue weighted by atomic mass is 10.1. The predicted octanol–water partition coefficient (Wildman–Crippen LogP) is 3.89. The topological polar surface area (TPSA) is 103 Å². The molecular weight excluding hydrogens is 532 g/mol. The molecule has 0 aromatic carbocycles. The normalized spacial score (nSPS) is 20.2. The highest BCUT2D eigenvalue weighted by atomic mass is 32.1. The SMILES string of the molecule is O=C(O)C(F)(F)F.O=C(O)C(F)(F)F.c1ccc(COC2CC3CN(Cc4ccsc4)CCN3C2)nc1. The average molecular weight is 558 g/mol. The Hall–Kier alpha value is -2.75. The maximum Gasteiger partial charge on any atom is 0.490 e. The molecule has 2 fully saturated rings. The number of aromatic nitrogens is 1. The number of carboxylic acid groups (broad SMARTS) is 2. The number of carboxylic acids is 2. The van der Waals surface area contributed by atoms with Gasteiger partial charge in [-0.2, -0.15) is 37.7 Å². The van der Waals surface area contributed by atoms with Crippen molar-refractivity contribution in [2.45, 2.75) is 44.1 Å². The molecule has 0 radical (unpaired) electrons. The highest BCUT2D eigenvalue weighted by molar-refractivity contribution is 7.07. The monoisotopic (exact) mass is 557 g/mol. The van der Waals surface area contributed by atoms with E-state index in [4.69, 9.17) is 24.5 Å². The summed E-state index contributed by atoms with van der Waals surface area (Å²) in [7, 11) is 0. The molecule has 0 aliphatic carbocycles. The summed E-state index contributed by atoms with van der Waals surface area (Å²) in [5, 5.41) is 18.7. The molecule has 2 atom stereocenters. The molecule has 2 aliphatic rings. The van der Waals surface area contributed by atoms with Crippen molar-refractivity contribution >= 4 is 23.3 Å². The van der Waals surface area contributed by atoms with E-state index in [1.807, 2.05) is 24.4 Å². The second-order valence-corrected chi connectivity index (χ2v) is 8.89. The molecule has 15 heteroatoms. The molecule has 2 saturated heterocycles. The van der Waals surface area contributed by atoms with Gasteiger partial charge in [0.15, 0.2) is 0 Å². The van der Waals surface area contributed by atoms with Gasteiger partial charge in [-0.3, -0.25) is 14.8 Å². The summed E-state index contributed by atoms with van der Waals surface area (Å²) in [6.45, 7) is 6.29. The van der Waals surface area contributed by atoms with Crippen LogP contribution >= 0.6 is 11.3 Å². The Kier molecular flexibility index (Phi) is 11.3. The first kappa shape index (κ1) is 30.5. The highest BCUT2D eigenvalue weighted by Gasteiger charge is 2.39. The molecule has 37 heavy (non-hydrogen) atoms. The number of ether oxygens (including phenoxy) is 1. The van der Waals surface area contributed by atoms with E-state index in [0.717, 1.165) is 31.7 Å². The van der Waals surface area contributed by atoms with Crippen molar-refractivity contribution in [2.75, 3.05) is 26.2 Å². The first-order valence-corrected chi connectivity index (χ1v) is 11.8. The zero-order valence-corrected chi connectivity index (χ0v) is 20.1. The number of fused-ring (bicyclic) bond motifs is 1. The number of aliphatic carboxylic acids is 2. The van der Waals surface area contributed by atoms with E-state index < -0.39 is 24.3 Å². The molecule has 2 N–H and O–H groups in total. The van der Waals surface area contributed by atoms with E-state index >= 15 is 0 Å². The third-order valence-corrected chi connectivity index (χ3v) is 6.06. The quantitative estimate of drug-likeness (QED) is 0.534. The lowest BCUT2D eigenvalue weighted by Gasteiger charge is -2.37. The number of pyridine rings is 1. The summed E-state index contributed by atoms with van der Waals surface area (Å²) in [6, 6.07) is 8.89. The third kappa shape index (κ3) is 11.0. The molecule has 0 bridgehead atoms. The first-order chi connectivity index (χ1) is 17.3. The maximum absolute atomic E-state index is 10.6. The van der Waals surface area contributed by atoms with Crippen molar-refractivity contribution in [3.63, 3.8) is 0 Å². The number of nitrogens with zero attached hydrogens (tertiary/aromatic N) is 3. The van der Waals surface area contributed by atoms with Crippen LogP contribution in [0.5, 0.6) is 0 Å². The Bertz CT molecular complexity index is 951. The minimum atomic E-state index is -5.08. The molecule has 8 nitrogen and oxygen atoms in total. The fourth-order valence-corrected chi connectivity index (χ4v) is 4.31. The molecule has 0 spiro atoms. The van der Waals surface area contributed by atoms with E-state index in [2.05, 4.69) is 31.6 Å². The van der Waals surface area contributed by atoms with E-state index in [9.17, 15) is 26.3 Å². The van der Waals surface area contributed by atoms with Gasteiger partial charge in [-0.1, -0.05) is 6.07 Å². The number of hydrogen-bond acceptors (Lipinski definition) is 7. The van der Waals surface area contributed by atoms with Gasteiger partial charge < -0.3 is 14.9 Å². The fourth-order valence-electron chi connectivity index (χ4n) is 3.65. The third-order valence-electron chi connectivity index (χ3n) is 5.33. The summed E-state index contributed by atoms with van der Waals surface area (Å²) in [5.74, 6) is -5.51. The maximum atomic E-state index is 10.6. The summed E-state index contributed by atoms with van der Waals surface area (Å²) < 4.78 is 69.6. The Morgan fingerprint density at radius 3 is 2.19 bits per heavy atom. The van der Waals surface area contributed by atoms with Crippen molar-refractivity contribution in [3.8, 4) is 0 Å². The van der Waals surface area contributed by atoms with Gasteiger partial charge in [-0.15, -0.1) is 0 Å². The molecule has 4 heterocycles. The van der Waals surface area contributed by atoms with Crippen molar-refractivity contribution in [1.29, 1.82) is 0 Å². The van der Waals surface area contributed by atoms with E-state index in [1.165, 1.54) is 18.7 Å². The predicted molar refractivity (Wildman–Crippen MR) is 120 cm³/mol.